The number of ether oxygens (including phenoxy) is 1. The lowest BCUT2D eigenvalue weighted by molar-refractivity contribution is -0.132. The Morgan fingerprint density at radius 3 is 2.50 bits per heavy atom. The van der Waals surface area contributed by atoms with Gasteiger partial charge in [-0.25, -0.2) is 13.6 Å². The number of fused-ring (bicyclic) bond motifs is 1. The number of carbonyl (C=O) groups is 2. The van der Waals surface area contributed by atoms with Crippen molar-refractivity contribution in [2.45, 2.75) is 37.7 Å². The molecule has 2 aliphatic heterocycles. The first kappa shape index (κ1) is 13.0. The van der Waals surface area contributed by atoms with Crippen LogP contribution < -0.4 is 5.32 Å². The van der Waals surface area contributed by atoms with Crippen molar-refractivity contribution in [3.63, 3.8) is 0 Å². The Hall–Kier alpha value is -1.40. The molecule has 0 spiro atoms. The van der Waals surface area contributed by atoms with Crippen LogP contribution in [0.2, 0.25) is 0 Å². The summed E-state index contributed by atoms with van der Waals surface area (Å²) >= 11 is 0. The lowest BCUT2D eigenvalue weighted by Crippen LogP contribution is -2.47. The molecule has 2 fully saturated rings. The van der Waals surface area contributed by atoms with Gasteiger partial charge in [0.25, 0.3) is 5.91 Å². The van der Waals surface area contributed by atoms with Crippen molar-refractivity contribution in [1.82, 2.24) is 10.2 Å². The van der Waals surface area contributed by atoms with E-state index in [2.05, 4.69) is 5.32 Å². The van der Waals surface area contributed by atoms with Crippen molar-refractivity contribution >= 4 is 12.0 Å². The van der Waals surface area contributed by atoms with Gasteiger partial charge < -0.3 is 15.0 Å². The number of likely N-dealkylation sites (tertiary alicyclic amines) is 1. The van der Waals surface area contributed by atoms with E-state index in [0.717, 1.165) is 4.90 Å². The average Bonchev–Trinajstić information content (AvgIpc) is 2.57. The third-order valence-electron chi connectivity index (χ3n) is 3.10. The molecule has 18 heavy (non-hydrogen) atoms. The predicted octanol–water partition coefficient (Wildman–Crippen LogP) is 0.783. The highest BCUT2D eigenvalue weighted by atomic mass is 19.2. The smallest absolute Gasteiger partial charge is 0.410 e. The molecule has 2 saturated heterocycles. The fourth-order valence-electron chi connectivity index (χ4n) is 2.18. The number of carbonyl (C=O) groups excluding carboxylic acids is 2. The van der Waals surface area contributed by atoms with Crippen LogP contribution in [0, 0.1) is 0 Å². The summed E-state index contributed by atoms with van der Waals surface area (Å²) in [6.07, 6.45) is -0.807. The van der Waals surface area contributed by atoms with Crippen molar-refractivity contribution in [2.24, 2.45) is 0 Å². The molecule has 0 aromatic carbocycles. The SMILES string of the molecule is CC(C)(C)OC(=O)N1C[C@]2(F)CNC(=O)[C@]2(F)C1. The minimum Gasteiger partial charge on any atom is -0.444 e. The molecule has 5 nitrogen and oxygen atoms in total. The maximum absolute atomic E-state index is 14.3. The van der Waals surface area contributed by atoms with Gasteiger partial charge in [0.1, 0.15) is 5.60 Å². The molecule has 0 aromatic heterocycles. The van der Waals surface area contributed by atoms with Crippen molar-refractivity contribution in [1.29, 1.82) is 0 Å². The average molecular weight is 262 g/mol. The van der Waals surface area contributed by atoms with Crippen LogP contribution in [0.25, 0.3) is 0 Å². The van der Waals surface area contributed by atoms with Gasteiger partial charge in [0.05, 0.1) is 19.6 Å². The first-order chi connectivity index (χ1) is 8.07. The van der Waals surface area contributed by atoms with Crippen molar-refractivity contribution in [3.8, 4) is 0 Å². The third-order valence-corrected chi connectivity index (χ3v) is 3.10. The van der Waals surface area contributed by atoms with Crippen molar-refractivity contribution in [3.05, 3.63) is 0 Å². The van der Waals surface area contributed by atoms with Gasteiger partial charge in [-0.2, -0.15) is 0 Å². The number of rotatable bonds is 0. The summed E-state index contributed by atoms with van der Waals surface area (Å²) in [7, 11) is 0. The summed E-state index contributed by atoms with van der Waals surface area (Å²) in [5.74, 6) is -1.00. The number of nitrogens with zero attached hydrogens (tertiary/aromatic N) is 1. The Morgan fingerprint density at radius 1 is 1.39 bits per heavy atom. The van der Waals surface area contributed by atoms with Crippen LogP contribution in [0.3, 0.4) is 0 Å². The normalized spacial score (nSPS) is 35.4. The summed E-state index contributed by atoms with van der Waals surface area (Å²) in [4.78, 5) is 24.0. The van der Waals surface area contributed by atoms with Crippen molar-refractivity contribution in [2.75, 3.05) is 19.6 Å². The van der Waals surface area contributed by atoms with Crippen LogP contribution in [0.5, 0.6) is 0 Å². The zero-order chi connectivity index (χ0) is 13.8. The molecule has 1 N–H and O–H groups in total. The summed E-state index contributed by atoms with van der Waals surface area (Å²) in [6, 6.07) is 0. The molecule has 0 aliphatic carbocycles. The van der Waals surface area contributed by atoms with E-state index < -0.39 is 48.6 Å². The van der Waals surface area contributed by atoms with E-state index in [1.54, 1.807) is 20.8 Å². The number of hydrogen-bond acceptors (Lipinski definition) is 3. The lowest BCUT2D eigenvalue weighted by Gasteiger charge is -2.24. The maximum Gasteiger partial charge on any atom is 0.410 e. The van der Waals surface area contributed by atoms with E-state index in [0.29, 0.717) is 0 Å². The molecule has 0 aromatic rings. The summed E-state index contributed by atoms with van der Waals surface area (Å²) in [5, 5.41) is 2.14. The van der Waals surface area contributed by atoms with E-state index in [-0.39, 0.29) is 0 Å². The van der Waals surface area contributed by atoms with E-state index >= 15 is 0 Å². The minimum absolute atomic E-state index is 0.415. The van der Waals surface area contributed by atoms with Gasteiger partial charge in [-0.1, -0.05) is 0 Å². The highest BCUT2D eigenvalue weighted by Crippen LogP contribution is 2.42. The molecule has 2 aliphatic rings. The van der Waals surface area contributed by atoms with Crippen LogP contribution in [0.1, 0.15) is 20.8 Å². The van der Waals surface area contributed by atoms with Crippen LogP contribution in [0.4, 0.5) is 13.6 Å². The zero-order valence-electron chi connectivity index (χ0n) is 10.5. The summed E-state index contributed by atoms with van der Waals surface area (Å²) in [5.41, 5.74) is -5.77. The molecule has 2 rings (SSSR count). The summed E-state index contributed by atoms with van der Waals surface area (Å²) < 4.78 is 33.6. The highest BCUT2D eigenvalue weighted by molar-refractivity contribution is 5.91. The molecule has 2 amide bonds. The molecule has 0 unspecified atom stereocenters. The largest absolute Gasteiger partial charge is 0.444 e. The molecule has 2 atom stereocenters. The molecular weight excluding hydrogens is 246 g/mol. The Kier molecular flexibility index (Phi) is 2.57. The van der Waals surface area contributed by atoms with Gasteiger partial charge in [0, 0.05) is 0 Å². The van der Waals surface area contributed by atoms with Crippen LogP contribution in [0.15, 0.2) is 0 Å². The molecular formula is C11H16F2N2O3. The third kappa shape index (κ3) is 1.81. The Morgan fingerprint density at radius 2 is 2.00 bits per heavy atom. The van der Waals surface area contributed by atoms with E-state index in [4.69, 9.17) is 4.74 Å². The number of amides is 2. The monoisotopic (exact) mass is 262 g/mol. The number of hydrogen-bond donors (Lipinski definition) is 1. The van der Waals surface area contributed by atoms with Gasteiger partial charge in [-0.15, -0.1) is 0 Å². The van der Waals surface area contributed by atoms with Gasteiger partial charge in [-0.3, -0.25) is 4.79 Å². The van der Waals surface area contributed by atoms with Gasteiger partial charge in [0.2, 0.25) is 5.67 Å². The lowest BCUT2D eigenvalue weighted by atomic mass is 9.93. The molecule has 7 heteroatoms. The standard InChI is InChI=1S/C11H16F2N2O3/c1-9(2,3)18-8(17)15-5-10(12)4-14-7(16)11(10,13)6-15/h4-6H2,1-3H3,(H,14,16)/t10-,11-/m1/s1. The Bertz CT molecular complexity index is 410. The Balaban J connectivity index is 2.13. The van der Waals surface area contributed by atoms with Gasteiger partial charge >= 0.3 is 6.09 Å². The molecule has 102 valence electrons. The van der Waals surface area contributed by atoms with E-state index in [9.17, 15) is 18.4 Å². The first-order valence-electron chi connectivity index (χ1n) is 5.71. The second kappa shape index (κ2) is 3.55. The highest BCUT2D eigenvalue weighted by Gasteiger charge is 2.69. The topological polar surface area (TPSA) is 58.6 Å². The predicted molar refractivity (Wildman–Crippen MR) is 58.5 cm³/mol. The quantitative estimate of drug-likeness (QED) is 0.702. The van der Waals surface area contributed by atoms with Crippen LogP contribution >= 0.6 is 0 Å². The van der Waals surface area contributed by atoms with E-state index in [1.807, 2.05) is 0 Å². The fourth-order valence-corrected chi connectivity index (χ4v) is 2.18. The van der Waals surface area contributed by atoms with Crippen molar-refractivity contribution < 1.29 is 23.1 Å². The molecule has 2 heterocycles. The van der Waals surface area contributed by atoms with Crippen LogP contribution in [-0.4, -0.2) is 53.5 Å². The second-order valence-electron chi connectivity index (χ2n) is 5.79. The van der Waals surface area contributed by atoms with Gasteiger partial charge in [-0.05, 0) is 20.8 Å². The first-order valence-corrected chi connectivity index (χ1v) is 5.71. The number of nitrogens with one attached hydrogen (secondary N) is 1. The minimum atomic E-state index is -2.66. The molecule has 0 bridgehead atoms. The molecule has 0 radical (unpaired) electrons. The molecule has 0 saturated carbocycles. The Labute approximate surface area is 103 Å². The van der Waals surface area contributed by atoms with E-state index in [1.165, 1.54) is 0 Å². The zero-order valence-corrected chi connectivity index (χ0v) is 10.5. The second-order valence-corrected chi connectivity index (χ2v) is 5.79. The maximum atomic E-state index is 14.3. The van der Waals surface area contributed by atoms with Gasteiger partial charge in [0.15, 0.2) is 5.67 Å². The number of alkyl halides is 2. The summed E-state index contributed by atoms with van der Waals surface area (Å²) in [6.45, 7) is 3.48. The number of halogens is 2. The fraction of sp³-hybridized carbons (Fsp3) is 0.818. The van der Waals surface area contributed by atoms with Crippen LogP contribution in [-0.2, 0) is 9.53 Å².